The van der Waals surface area contributed by atoms with Crippen molar-refractivity contribution < 1.29 is 9.53 Å². The highest BCUT2D eigenvalue weighted by Crippen LogP contribution is 2.24. The maximum absolute atomic E-state index is 11.8. The molecule has 0 unspecified atom stereocenters. The molecule has 24 heavy (non-hydrogen) atoms. The van der Waals surface area contributed by atoms with E-state index in [2.05, 4.69) is 10.5 Å². The van der Waals surface area contributed by atoms with Crippen LogP contribution in [0.2, 0.25) is 0 Å². The van der Waals surface area contributed by atoms with Gasteiger partial charge in [0.2, 0.25) is 0 Å². The zero-order chi connectivity index (χ0) is 16.9. The van der Waals surface area contributed by atoms with Crippen molar-refractivity contribution in [2.45, 2.75) is 6.54 Å². The van der Waals surface area contributed by atoms with Gasteiger partial charge in [0.1, 0.15) is 5.75 Å². The molecule has 0 aliphatic carbocycles. The van der Waals surface area contributed by atoms with E-state index in [0.29, 0.717) is 6.54 Å². The zero-order valence-electron chi connectivity index (χ0n) is 13.3. The summed E-state index contributed by atoms with van der Waals surface area (Å²) in [6.07, 6.45) is 0. The van der Waals surface area contributed by atoms with Gasteiger partial charge in [-0.2, -0.15) is 5.10 Å². The molecular weight excluding hydrogens is 304 g/mol. The summed E-state index contributed by atoms with van der Waals surface area (Å²) in [6, 6.07) is 19.3. The number of carbonyl (C=O) groups excluding carboxylic acids is 1. The topological polar surface area (TPSA) is 82.2 Å². The Balaban J connectivity index is 2.01. The number of hydrazine groups is 1. The molecule has 0 fully saturated rings. The first-order chi connectivity index (χ1) is 11.7. The van der Waals surface area contributed by atoms with E-state index >= 15 is 0 Å². The van der Waals surface area contributed by atoms with Crippen molar-refractivity contribution in [3.05, 3.63) is 71.9 Å². The molecule has 0 atom stereocenters. The second kappa shape index (κ2) is 6.97. The first-order valence-corrected chi connectivity index (χ1v) is 7.48. The minimum absolute atomic E-state index is 0.277. The van der Waals surface area contributed by atoms with Crippen LogP contribution in [0.25, 0.3) is 11.3 Å². The lowest BCUT2D eigenvalue weighted by Crippen LogP contribution is -2.30. The number of benzene rings is 2. The van der Waals surface area contributed by atoms with Gasteiger partial charge < -0.3 is 4.74 Å². The van der Waals surface area contributed by atoms with Gasteiger partial charge >= 0.3 is 0 Å². The van der Waals surface area contributed by atoms with Crippen LogP contribution >= 0.6 is 0 Å². The van der Waals surface area contributed by atoms with E-state index in [1.165, 1.54) is 0 Å². The number of methoxy groups -OCH3 is 1. The Labute approximate surface area is 139 Å². The van der Waals surface area contributed by atoms with E-state index in [9.17, 15) is 4.79 Å². The Hall–Kier alpha value is -3.12. The van der Waals surface area contributed by atoms with Gasteiger partial charge in [0.25, 0.3) is 5.91 Å². The highest BCUT2D eigenvalue weighted by Gasteiger charge is 2.15. The molecule has 122 valence electrons. The fourth-order valence-corrected chi connectivity index (χ4v) is 2.47. The predicted molar refractivity (Wildman–Crippen MR) is 91.4 cm³/mol. The van der Waals surface area contributed by atoms with Gasteiger partial charge in [0, 0.05) is 5.56 Å². The Bertz CT molecular complexity index is 826. The summed E-state index contributed by atoms with van der Waals surface area (Å²) >= 11 is 0. The molecule has 1 aromatic heterocycles. The Morgan fingerprint density at radius 1 is 1.17 bits per heavy atom. The normalized spacial score (nSPS) is 10.4. The monoisotopic (exact) mass is 322 g/mol. The number of nitrogens with two attached hydrogens (primary N) is 1. The van der Waals surface area contributed by atoms with Crippen LogP contribution in [-0.4, -0.2) is 22.8 Å². The minimum Gasteiger partial charge on any atom is -0.497 e. The number of aromatic nitrogens is 2. The number of rotatable bonds is 5. The number of carbonyl (C=O) groups is 1. The van der Waals surface area contributed by atoms with Gasteiger partial charge in [0.05, 0.1) is 19.3 Å². The zero-order valence-corrected chi connectivity index (χ0v) is 13.3. The number of amides is 1. The molecule has 3 rings (SSSR count). The molecule has 0 saturated carbocycles. The average Bonchev–Trinajstić information content (AvgIpc) is 3.05. The van der Waals surface area contributed by atoms with Gasteiger partial charge in [-0.15, -0.1) is 0 Å². The van der Waals surface area contributed by atoms with Gasteiger partial charge in [-0.1, -0.05) is 30.3 Å². The second-order valence-corrected chi connectivity index (χ2v) is 5.26. The molecule has 0 aliphatic rings. The SMILES string of the molecule is COc1ccc(-c2cc(C(=O)NN)nn2Cc2ccccc2)cc1. The van der Waals surface area contributed by atoms with Crippen LogP contribution < -0.4 is 16.0 Å². The Kier molecular flexibility index (Phi) is 4.58. The number of nitrogen functional groups attached to an aromatic ring is 1. The standard InChI is InChI=1S/C18H18N4O2/c1-24-15-9-7-14(8-10-15)17-11-16(18(23)20-19)21-22(17)12-13-5-3-2-4-6-13/h2-11H,12,19H2,1H3,(H,20,23). The van der Waals surface area contributed by atoms with Crippen molar-refractivity contribution in [1.29, 1.82) is 0 Å². The summed E-state index contributed by atoms with van der Waals surface area (Å²) < 4.78 is 6.98. The fraction of sp³-hybridized carbons (Fsp3) is 0.111. The number of hydrogen-bond donors (Lipinski definition) is 2. The van der Waals surface area contributed by atoms with E-state index in [-0.39, 0.29) is 5.69 Å². The van der Waals surface area contributed by atoms with E-state index in [1.807, 2.05) is 54.6 Å². The van der Waals surface area contributed by atoms with Crippen LogP contribution in [0.3, 0.4) is 0 Å². The summed E-state index contributed by atoms with van der Waals surface area (Å²) in [7, 11) is 1.62. The molecule has 0 radical (unpaired) electrons. The molecule has 0 spiro atoms. The quantitative estimate of drug-likeness (QED) is 0.429. The summed E-state index contributed by atoms with van der Waals surface area (Å²) in [4.78, 5) is 11.8. The third kappa shape index (κ3) is 3.28. The lowest BCUT2D eigenvalue weighted by Gasteiger charge is -2.08. The Morgan fingerprint density at radius 3 is 2.50 bits per heavy atom. The van der Waals surface area contributed by atoms with Crippen LogP contribution in [0, 0.1) is 0 Å². The lowest BCUT2D eigenvalue weighted by molar-refractivity contribution is 0.0948. The maximum atomic E-state index is 11.8. The largest absolute Gasteiger partial charge is 0.497 e. The summed E-state index contributed by atoms with van der Waals surface area (Å²) in [5.41, 5.74) is 5.26. The van der Waals surface area contributed by atoms with Crippen LogP contribution in [0.4, 0.5) is 0 Å². The van der Waals surface area contributed by atoms with Gasteiger partial charge in [-0.25, -0.2) is 5.84 Å². The molecule has 0 bridgehead atoms. The van der Waals surface area contributed by atoms with Gasteiger partial charge in [-0.05, 0) is 35.9 Å². The van der Waals surface area contributed by atoms with Crippen molar-refractivity contribution in [1.82, 2.24) is 15.2 Å². The van der Waals surface area contributed by atoms with Crippen molar-refractivity contribution in [2.24, 2.45) is 5.84 Å². The lowest BCUT2D eigenvalue weighted by atomic mass is 10.1. The third-order valence-electron chi connectivity index (χ3n) is 3.70. The van der Waals surface area contributed by atoms with Crippen molar-refractivity contribution >= 4 is 5.91 Å². The van der Waals surface area contributed by atoms with Crippen LogP contribution in [0.15, 0.2) is 60.7 Å². The molecule has 1 amide bonds. The summed E-state index contributed by atoms with van der Waals surface area (Å²) in [6.45, 7) is 0.556. The van der Waals surface area contributed by atoms with Crippen molar-refractivity contribution in [3.8, 4) is 17.0 Å². The van der Waals surface area contributed by atoms with E-state index < -0.39 is 5.91 Å². The smallest absolute Gasteiger partial charge is 0.285 e. The number of hydrogen-bond acceptors (Lipinski definition) is 4. The van der Waals surface area contributed by atoms with E-state index in [4.69, 9.17) is 10.6 Å². The molecule has 2 aromatic carbocycles. The van der Waals surface area contributed by atoms with Crippen molar-refractivity contribution in [2.75, 3.05) is 7.11 Å². The van der Waals surface area contributed by atoms with E-state index in [1.54, 1.807) is 17.9 Å². The first-order valence-electron chi connectivity index (χ1n) is 7.48. The maximum Gasteiger partial charge on any atom is 0.285 e. The predicted octanol–water partition coefficient (Wildman–Crippen LogP) is 2.21. The average molecular weight is 322 g/mol. The summed E-state index contributed by atoms with van der Waals surface area (Å²) in [5, 5.41) is 4.39. The Morgan fingerprint density at radius 2 is 1.88 bits per heavy atom. The molecular formula is C18H18N4O2. The molecule has 6 nitrogen and oxygen atoms in total. The number of nitrogens with one attached hydrogen (secondary N) is 1. The number of ether oxygens (including phenoxy) is 1. The first kappa shape index (κ1) is 15.8. The summed E-state index contributed by atoms with van der Waals surface area (Å²) in [5.74, 6) is 5.58. The third-order valence-corrected chi connectivity index (χ3v) is 3.70. The second-order valence-electron chi connectivity index (χ2n) is 5.26. The molecule has 0 aliphatic heterocycles. The highest BCUT2D eigenvalue weighted by atomic mass is 16.5. The molecule has 6 heteroatoms. The van der Waals surface area contributed by atoms with E-state index in [0.717, 1.165) is 22.6 Å². The molecule has 3 aromatic rings. The van der Waals surface area contributed by atoms with Crippen LogP contribution in [-0.2, 0) is 6.54 Å². The van der Waals surface area contributed by atoms with Crippen LogP contribution in [0.5, 0.6) is 5.75 Å². The number of nitrogens with zero attached hydrogens (tertiary/aromatic N) is 2. The molecule has 0 saturated heterocycles. The molecule has 1 heterocycles. The van der Waals surface area contributed by atoms with Crippen molar-refractivity contribution in [3.63, 3.8) is 0 Å². The minimum atomic E-state index is -0.420. The molecule has 3 N–H and O–H groups in total. The van der Waals surface area contributed by atoms with Crippen LogP contribution in [0.1, 0.15) is 16.1 Å². The highest BCUT2D eigenvalue weighted by molar-refractivity contribution is 5.93. The van der Waals surface area contributed by atoms with Gasteiger partial charge in [-0.3, -0.25) is 14.9 Å². The van der Waals surface area contributed by atoms with Gasteiger partial charge in [0.15, 0.2) is 5.69 Å². The fourth-order valence-electron chi connectivity index (χ4n) is 2.47.